The number of ether oxygens (including phenoxy) is 1. The number of amides is 1. The number of nitrogens with zero attached hydrogens (tertiary/aromatic N) is 3. The minimum Gasteiger partial charge on any atom is -0.459 e. The molecule has 142 valence electrons. The first-order valence-electron chi connectivity index (χ1n) is 8.46. The summed E-state index contributed by atoms with van der Waals surface area (Å²) in [6.07, 6.45) is 1.48. The predicted octanol–water partition coefficient (Wildman–Crippen LogP) is 2.08. The molecule has 1 aromatic rings. The van der Waals surface area contributed by atoms with Crippen LogP contribution in [0.4, 0.5) is 0 Å². The van der Waals surface area contributed by atoms with Crippen LogP contribution in [-0.2, 0) is 21.4 Å². The Balaban J connectivity index is 2.17. The van der Waals surface area contributed by atoms with Crippen LogP contribution in [0.2, 0.25) is 0 Å². The third-order valence-electron chi connectivity index (χ3n) is 4.61. The number of halogens is 1. The number of Topliss-reactive ketones (excluding diaryl/α,β-unsaturated/α-hetero) is 1. The molecular formula is C18H24ClN3O4. The molecule has 0 saturated carbocycles. The average molecular weight is 382 g/mol. The molecule has 1 aliphatic heterocycles. The SMILES string of the molecule is C=CCOC(=O)C(Cl)N1C(=O)[C@H](C(C)C)[C@H]1CC(=O)c1cc(C)n(C)n1. The largest absolute Gasteiger partial charge is 0.459 e. The number of hydrogen-bond acceptors (Lipinski definition) is 5. The summed E-state index contributed by atoms with van der Waals surface area (Å²) in [6, 6.07) is 1.24. The quantitative estimate of drug-likeness (QED) is 0.172. The van der Waals surface area contributed by atoms with Gasteiger partial charge in [-0.3, -0.25) is 14.3 Å². The van der Waals surface area contributed by atoms with Gasteiger partial charge in [0.25, 0.3) is 0 Å². The summed E-state index contributed by atoms with van der Waals surface area (Å²) in [5, 5.41) is 4.18. The summed E-state index contributed by atoms with van der Waals surface area (Å²) >= 11 is 6.15. The van der Waals surface area contributed by atoms with E-state index in [9.17, 15) is 14.4 Å². The Bertz CT molecular complexity index is 709. The maximum absolute atomic E-state index is 12.6. The van der Waals surface area contributed by atoms with Gasteiger partial charge in [-0.25, -0.2) is 4.79 Å². The molecule has 0 aromatic carbocycles. The standard InChI is InChI=1S/C18H24ClN3O4/c1-6-7-26-18(25)16(19)22-13(15(10(2)3)17(22)24)9-14(23)12-8-11(4)21(5)20-12/h6,8,10,13,15-16H,1,7,9H2,2-5H3/t13-,15-,16?/m1/s1. The number of carbonyl (C=O) groups excluding carboxylic acids is 3. The van der Waals surface area contributed by atoms with Gasteiger partial charge in [0.05, 0.1) is 12.0 Å². The summed E-state index contributed by atoms with van der Waals surface area (Å²) < 4.78 is 6.55. The number of hydrogen-bond donors (Lipinski definition) is 0. The summed E-state index contributed by atoms with van der Waals surface area (Å²) in [5.41, 5.74) is -0.0635. The Hall–Kier alpha value is -2.15. The second-order valence-electron chi connectivity index (χ2n) is 6.76. The zero-order valence-electron chi connectivity index (χ0n) is 15.4. The number of likely N-dealkylation sites (tertiary alicyclic amines) is 1. The molecule has 3 atom stereocenters. The fraction of sp³-hybridized carbons (Fsp3) is 0.556. The van der Waals surface area contributed by atoms with Crippen LogP contribution in [0.15, 0.2) is 18.7 Å². The van der Waals surface area contributed by atoms with E-state index in [2.05, 4.69) is 11.7 Å². The molecule has 2 rings (SSSR count). The lowest BCUT2D eigenvalue weighted by Crippen LogP contribution is -2.66. The van der Waals surface area contributed by atoms with Crippen LogP contribution in [-0.4, -0.2) is 50.5 Å². The third kappa shape index (κ3) is 3.82. The van der Waals surface area contributed by atoms with Gasteiger partial charge in [-0.15, -0.1) is 0 Å². The maximum Gasteiger partial charge on any atom is 0.344 e. The highest BCUT2D eigenvalue weighted by Crippen LogP contribution is 2.38. The third-order valence-corrected chi connectivity index (χ3v) is 4.99. The molecule has 0 aliphatic carbocycles. The number of carbonyl (C=O) groups is 3. The number of β-lactam (4-membered cyclic amide) rings is 1. The van der Waals surface area contributed by atoms with E-state index >= 15 is 0 Å². The number of rotatable bonds is 8. The van der Waals surface area contributed by atoms with Crippen molar-refractivity contribution < 1.29 is 19.1 Å². The lowest BCUT2D eigenvalue weighted by atomic mass is 9.76. The van der Waals surface area contributed by atoms with E-state index in [1.807, 2.05) is 20.8 Å². The van der Waals surface area contributed by atoms with Gasteiger partial charge >= 0.3 is 5.97 Å². The predicted molar refractivity (Wildman–Crippen MR) is 96.7 cm³/mol. The Morgan fingerprint density at radius 1 is 1.46 bits per heavy atom. The highest BCUT2D eigenvalue weighted by Gasteiger charge is 2.53. The number of ketones is 1. The fourth-order valence-corrected chi connectivity index (χ4v) is 3.44. The highest BCUT2D eigenvalue weighted by molar-refractivity contribution is 6.31. The van der Waals surface area contributed by atoms with Crippen LogP contribution in [0.25, 0.3) is 0 Å². The van der Waals surface area contributed by atoms with Gasteiger partial charge in [-0.1, -0.05) is 38.1 Å². The van der Waals surface area contributed by atoms with Crippen LogP contribution >= 0.6 is 11.6 Å². The van der Waals surface area contributed by atoms with Crippen molar-refractivity contribution in [3.8, 4) is 0 Å². The molecule has 0 radical (unpaired) electrons. The van der Waals surface area contributed by atoms with Crippen molar-refractivity contribution >= 4 is 29.3 Å². The van der Waals surface area contributed by atoms with Crippen LogP contribution in [0.5, 0.6) is 0 Å². The van der Waals surface area contributed by atoms with E-state index in [1.165, 1.54) is 11.0 Å². The molecule has 0 N–H and O–H groups in total. The minimum atomic E-state index is -1.26. The van der Waals surface area contributed by atoms with Gasteiger partial charge in [0.15, 0.2) is 5.78 Å². The number of aryl methyl sites for hydroxylation is 2. The van der Waals surface area contributed by atoms with Crippen molar-refractivity contribution in [2.45, 2.75) is 38.7 Å². The van der Waals surface area contributed by atoms with Crippen molar-refractivity contribution in [2.75, 3.05) is 6.61 Å². The zero-order chi connectivity index (χ0) is 19.6. The molecule has 26 heavy (non-hydrogen) atoms. The van der Waals surface area contributed by atoms with Crippen molar-refractivity contribution in [3.63, 3.8) is 0 Å². The molecule has 0 bridgehead atoms. The molecule has 1 fully saturated rings. The van der Waals surface area contributed by atoms with E-state index in [0.29, 0.717) is 5.69 Å². The van der Waals surface area contributed by atoms with Crippen LogP contribution < -0.4 is 0 Å². The van der Waals surface area contributed by atoms with Crippen molar-refractivity contribution in [1.29, 1.82) is 0 Å². The molecule has 7 nitrogen and oxygen atoms in total. The Morgan fingerprint density at radius 3 is 2.62 bits per heavy atom. The molecule has 2 heterocycles. The van der Waals surface area contributed by atoms with E-state index in [0.717, 1.165) is 5.69 Å². The molecule has 1 aliphatic rings. The number of esters is 1. The fourth-order valence-electron chi connectivity index (χ4n) is 3.14. The van der Waals surface area contributed by atoms with E-state index in [1.54, 1.807) is 17.8 Å². The average Bonchev–Trinajstić information content (AvgIpc) is 2.90. The van der Waals surface area contributed by atoms with E-state index in [-0.39, 0.29) is 36.6 Å². The number of aromatic nitrogens is 2. The molecule has 1 saturated heterocycles. The monoisotopic (exact) mass is 381 g/mol. The zero-order valence-corrected chi connectivity index (χ0v) is 16.2. The second kappa shape index (κ2) is 8.03. The summed E-state index contributed by atoms with van der Waals surface area (Å²) in [7, 11) is 1.76. The van der Waals surface area contributed by atoms with Crippen LogP contribution in [0.3, 0.4) is 0 Å². The van der Waals surface area contributed by atoms with Gasteiger partial charge in [-0.05, 0) is 18.9 Å². The first-order valence-corrected chi connectivity index (χ1v) is 8.90. The first kappa shape index (κ1) is 20.2. The highest BCUT2D eigenvalue weighted by atomic mass is 35.5. The Morgan fingerprint density at radius 2 is 2.12 bits per heavy atom. The van der Waals surface area contributed by atoms with Gasteiger partial charge in [-0.2, -0.15) is 5.10 Å². The lowest BCUT2D eigenvalue weighted by molar-refractivity contribution is -0.169. The topological polar surface area (TPSA) is 81.5 Å². The maximum atomic E-state index is 12.6. The molecular weight excluding hydrogens is 358 g/mol. The first-order chi connectivity index (χ1) is 12.2. The second-order valence-corrected chi connectivity index (χ2v) is 7.17. The van der Waals surface area contributed by atoms with Gasteiger partial charge in [0.1, 0.15) is 12.3 Å². The smallest absolute Gasteiger partial charge is 0.344 e. The molecule has 1 unspecified atom stereocenters. The Kier molecular flexibility index (Phi) is 6.23. The number of alkyl halides is 1. The van der Waals surface area contributed by atoms with Crippen molar-refractivity contribution in [3.05, 3.63) is 30.1 Å². The molecule has 0 spiro atoms. The normalized spacial score (nSPS) is 20.7. The summed E-state index contributed by atoms with van der Waals surface area (Å²) in [6.45, 7) is 9.13. The van der Waals surface area contributed by atoms with E-state index < -0.39 is 17.5 Å². The van der Waals surface area contributed by atoms with Gasteiger partial charge in [0.2, 0.25) is 11.4 Å². The Labute approximate surface area is 157 Å². The van der Waals surface area contributed by atoms with Crippen molar-refractivity contribution in [2.24, 2.45) is 18.9 Å². The molecule has 8 heteroatoms. The minimum absolute atomic E-state index is 0.00843. The van der Waals surface area contributed by atoms with Crippen molar-refractivity contribution in [1.82, 2.24) is 14.7 Å². The summed E-state index contributed by atoms with van der Waals surface area (Å²) in [5.74, 6) is -1.50. The van der Waals surface area contributed by atoms with Gasteiger partial charge < -0.3 is 9.64 Å². The van der Waals surface area contributed by atoms with E-state index in [4.69, 9.17) is 16.3 Å². The molecule has 1 aromatic heterocycles. The van der Waals surface area contributed by atoms with Crippen LogP contribution in [0, 0.1) is 18.8 Å². The molecule has 1 amide bonds. The van der Waals surface area contributed by atoms with Gasteiger partial charge in [0, 0.05) is 19.2 Å². The lowest BCUT2D eigenvalue weighted by Gasteiger charge is -2.50. The van der Waals surface area contributed by atoms with Crippen LogP contribution in [0.1, 0.15) is 36.5 Å². The summed E-state index contributed by atoms with van der Waals surface area (Å²) in [4.78, 5) is 38.4.